The lowest BCUT2D eigenvalue weighted by Crippen LogP contribution is -2.49. The number of esters is 1. The molecular weight excluding hydrogens is 677 g/mol. The summed E-state index contributed by atoms with van der Waals surface area (Å²) in [5.41, 5.74) is 4.62. The van der Waals surface area contributed by atoms with E-state index in [4.69, 9.17) is 20.2 Å². The molecule has 0 heterocycles. The highest BCUT2D eigenvalue weighted by Crippen LogP contribution is 2.60. The van der Waals surface area contributed by atoms with Gasteiger partial charge in [-0.15, -0.1) is 0 Å². The number of aliphatic hydroxyl groups excluding tert-OH is 1. The van der Waals surface area contributed by atoms with E-state index in [9.17, 15) is 9.90 Å². The Morgan fingerprint density at radius 2 is 1.58 bits per heavy atom. The number of ether oxygens (including phenoxy) is 1. The fraction of sp³-hybridized carbons (Fsp3) is 0.800. The summed E-state index contributed by atoms with van der Waals surface area (Å²) in [6, 6.07) is 0. The first kappa shape index (κ1) is 45.1. The molecule has 5 nitrogen and oxygen atoms in total. The molecular formula is C45H80O5Si2. The second-order valence-corrected chi connectivity index (χ2v) is 30.1. The molecule has 2 unspecified atom stereocenters. The van der Waals surface area contributed by atoms with Gasteiger partial charge in [-0.1, -0.05) is 100 Å². The molecule has 7 heteroatoms. The summed E-state index contributed by atoms with van der Waals surface area (Å²) < 4.78 is 19.5. The first-order valence-corrected chi connectivity index (χ1v) is 26.6. The van der Waals surface area contributed by atoms with Crippen LogP contribution in [0.3, 0.4) is 0 Å². The highest BCUT2D eigenvalue weighted by atomic mass is 28.4. The Morgan fingerprint density at radius 1 is 0.981 bits per heavy atom. The van der Waals surface area contributed by atoms with Gasteiger partial charge < -0.3 is 18.7 Å². The van der Waals surface area contributed by atoms with Gasteiger partial charge in [-0.2, -0.15) is 0 Å². The molecule has 3 saturated carbocycles. The lowest BCUT2D eigenvalue weighted by Gasteiger charge is -2.46. The predicted molar refractivity (Wildman–Crippen MR) is 225 cm³/mol. The number of hydrogen-bond donors (Lipinski definition) is 1. The van der Waals surface area contributed by atoms with Gasteiger partial charge in [0.15, 0.2) is 16.6 Å². The lowest BCUT2D eigenvalue weighted by molar-refractivity contribution is -0.139. The van der Waals surface area contributed by atoms with Crippen LogP contribution in [0, 0.1) is 35.0 Å². The van der Waals surface area contributed by atoms with E-state index in [1.807, 2.05) is 6.92 Å². The third-order valence-electron chi connectivity index (χ3n) is 14.2. The van der Waals surface area contributed by atoms with Crippen molar-refractivity contribution >= 4 is 22.6 Å². The van der Waals surface area contributed by atoms with Crippen molar-refractivity contribution in [3.63, 3.8) is 0 Å². The van der Waals surface area contributed by atoms with Crippen LogP contribution in [0.15, 0.2) is 47.6 Å². The second kappa shape index (κ2) is 17.3. The van der Waals surface area contributed by atoms with Crippen LogP contribution < -0.4 is 0 Å². The molecule has 0 bridgehead atoms. The highest BCUT2D eigenvalue weighted by molar-refractivity contribution is 6.74. The highest BCUT2D eigenvalue weighted by Gasteiger charge is 2.51. The van der Waals surface area contributed by atoms with Gasteiger partial charge >= 0.3 is 5.97 Å². The van der Waals surface area contributed by atoms with Crippen molar-refractivity contribution in [3.05, 3.63) is 47.6 Å². The average Bonchev–Trinajstić information content (AvgIpc) is 3.36. The largest absolute Gasteiger partial charge is 0.463 e. The van der Waals surface area contributed by atoms with Gasteiger partial charge in [0, 0.05) is 17.9 Å². The molecule has 0 saturated heterocycles. The lowest BCUT2D eigenvalue weighted by atomic mass is 9.60. The minimum Gasteiger partial charge on any atom is -0.463 e. The van der Waals surface area contributed by atoms with Crippen LogP contribution in [0.5, 0.6) is 0 Å². The van der Waals surface area contributed by atoms with Crippen molar-refractivity contribution in [1.82, 2.24) is 0 Å². The molecule has 1 N–H and O–H groups in total. The SMILES string of the molecule is C=C(C(=O)OCC)C(CC(C)C)C(O)C[C@@H](C)[C@H]1CC[C@H]2C(=CC=C3C[C@@H](O[Si](C)(C)C(C)(C)C)C[C@H](O[Si](C)(C)C(C)(C)C)C3=C)CCC[C@]12C. The molecule has 0 aromatic rings. The maximum absolute atomic E-state index is 12.7. The van der Waals surface area contributed by atoms with E-state index in [1.54, 1.807) is 5.57 Å². The number of rotatable bonds is 14. The molecule has 3 fully saturated rings. The minimum absolute atomic E-state index is 0.0201. The smallest absolute Gasteiger partial charge is 0.333 e. The summed E-state index contributed by atoms with van der Waals surface area (Å²) in [6.07, 6.45) is 13.5. The topological polar surface area (TPSA) is 65.0 Å². The van der Waals surface area contributed by atoms with Gasteiger partial charge in [0.2, 0.25) is 0 Å². The maximum Gasteiger partial charge on any atom is 0.333 e. The van der Waals surface area contributed by atoms with Gasteiger partial charge in [-0.3, -0.25) is 0 Å². The standard InChI is InChI=1S/C45H80O5Si2/c1-18-48-42(47)33(6)37(26-30(2)3)40(46)27-31(4)38-23-24-39-34(20-19-25-45(38,39)13)21-22-35-28-36(49-51(14,15)43(7,8)9)29-41(32(35)5)50-52(16,17)44(10,11)12/h21-22,30-31,36-41,46H,5-6,18-20,23-29H2,1-4,7-17H3/t31-,36-,37?,38-,39+,40?,41+,45-/m1/s1. The third-order valence-corrected chi connectivity index (χ3v) is 23.3. The van der Waals surface area contributed by atoms with Gasteiger partial charge in [-0.25, -0.2) is 4.79 Å². The second-order valence-electron chi connectivity index (χ2n) is 20.6. The van der Waals surface area contributed by atoms with Crippen LogP contribution in [0.4, 0.5) is 0 Å². The predicted octanol–water partition coefficient (Wildman–Crippen LogP) is 12.4. The third kappa shape index (κ3) is 10.5. The van der Waals surface area contributed by atoms with Crippen LogP contribution in [-0.4, -0.2) is 52.6 Å². The van der Waals surface area contributed by atoms with Crippen molar-refractivity contribution in [3.8, 4) is 0 Å². The van der Waals surface area contributed by atoms with E-state index in [1.165, 1.54) is 31.3 Å². The molecule has 3 aliphatic carbocycles. The summed E-state index contributed by atoms with van der Waals surface area (Å²) >= 11 is 0. The Kier molecular flexibility index (Phi) is 15.0. The Hall–Kier alpha value is -1.26. The average molecular weight is 757 g/mol. The number of hydrogen-bond acceptors (Lipinski definition) is 5. The molecule has 0 aliphatic heterocycles. The fourth-order valence-electron chi connectivity index (χ4n) is 9.10. The molecule has 8 atom stereocenters. The van der Waals surface area contributed by atoms with Crippen LogP contribution in [-0.2, 0) is 18.4 Å². The van der Waals surface area contributed by atoms with Gasteiger partial charge in [0.1, 0.15) is 0 Å². The number of carbonyl (C=O) groups excluding carboxylic acids is 1. The molecule has 0 amide bonds. The van der Waals surface area contributed by atoms with E-state index >= 15 is 0 Å². The quantitative estimate of drug-likeness (QED) is 0.109. The Labute approximate surface area is 322 Å². The number of carbonyl (C=O) groups is 1. The van der Waals surface area contributed by atoms with Crippen LogP contribution >= 0.6 is 0 Å². The monoisotopic (exact) mass is 757 g/mol. The molecule has 0 spiro atoms. The van der Waals surface area contributed by atoms with E-state index in [0.29, 0.717) is 42.3 Å². The van der Waals surface area contributed by atoms with Crippen LogP contribution in [0.1, 0.15) is 134 Å². The number of allylic oxidation sites excluding steroid dienone is 3. The molecule has 298 valence electrons. The summed E-state index contributed by atoms with van der Waals surface area (Å²) in [5.74, 6) is 1.09. The van der Waals surface area contributed by atoms with Crippen molar-refractivity contribution in [1.29, 1.82) is 0 Å². The maximum atomic E-state index is 12.7. The van der Waals surface area contributed by atoms with Crippen LogP contribution in [0.25, 0.3) is 0 Å². The first-order valence-electron chi connectivity index (χ1n) is 20.7. The number of fused-ring (bicyclic) bond motifs is 1. The molecule has 0 aromatic heterocycles. The number of aliphatic hydroxyl groups is 1. The van der Waals surface area contributed by atoms with Gasteiger partial charge in [0.25, 0.3) is 0 Å². The normalized spacial score (nSPS) is 29.7. The summed E-state index contributed by atoms with van der Waals surface area (Å²) in [6.45, 7) is 43.4. The molecule has 3 rings (SSSR count). The summed E-state index contributed by atoms with van der Waals surface area (Å²) in [5, 5.41) is 11.9. The van der Waals surface area contributed by atoms with E-state index in [2.05, 4.69) is 114 Å². The van der Waals surface area contributed by atoms with Crippen molar-refractivity contribution in [2.24, 2.45) is 35.0 Å². The minimum atomic E-state index is -2.03. The summed E-state index contributed by atoms with van der Waals surface area (Å²) in [7, 11) is -4.00. The summed E-state index contributed by atoms with van der Waals surface area (Å²) in [4.78, 5) is 12.7. The molecule has 0 radical (unpaired) electrons. The van der Waals surface area contributed by atoms with Crippen LogP contribution in [0.2, 0.25) is 36.3 Å². The van der Waals surface area contributed by atoms with Gasteiger partial charge in [0.05, 0.1) is 24.9 Å². The van der Waals surface area contributed by atoms with Crippen molar-refractivity contribution in [2.75, 3.05) is 6.61 Å². The Morgan fingerprint density at radius 3 is 2.13 bits per heavy atom. The van der Waals surface area contributed by atoms with E-state index in [-0.39, 0.29) is 39.6 Å². The molecule has 0 aromatic carbocycles. The zero-order valence-corrected chi connectivity index (χ0v) is 38.3. The zero-order chi connectivity index (χ0) is 39.6. The van der Waals surface area contributed by atoms with E-state index < -0.39 is 22.7 Å². The Bertz CT molecular complexity index is 1330. The first-order chi connectivity index (χ1) is 23.8. The zero-order valence-electron chi connectivity index (χ0n) is 36.3. The molecule has 3 aliphatic rings. The molecule has 52 heavy (non-hydrogen) atoms. The van der Waals surface area contributed by atoms with E-state index in [0.717, 1.165) is 31.3 Å². The fourth-order valence-corrected chi connectivity index (χ4v) is 11.8. The van der Waals surface area contributed by atoms with Crippen molar-refractivity contribution in [2.45, 2.75) is 189 Å². The Balaban J connectivity index is 1.87. The van der Waals surface area contributed by atoms with Gasteiger partial charge in [-0.05, 0) is 135 Å². The van der Waals surface area contributed by atoms with Crippen molar-refractivity contribution < 1.29 is 23.5 Å².